The average Bonchev–Trinajstić information content (AvgIpc) is 2.13. The van der Waals surface area contributed by atoms with Crippen molar-refractivity contribution in [2.24, 2.45) is 0 Å². The van der Waals surface area contributed by atoms with Crippen molar-refractivity contribution >= 4 is 11.9 Å². The molecule has 0 unspecified atom stereocenters. The number of likely N-dealkylation sites (N-methyl/N-ethyl adjacent to an activating group) is 1. The maximum absolute atomic E-state index is 5.26. The molecule has 1 fully saturated rings. The highest BCUT2D eigenvalue weighted by atomic mass is 32.2. The van der Waals surface area contributed by atoms with Gasteiger partial charge in [-0.2, -0.15) is 0 Å². The molecule has 3 heteroatoms. The van der Waals surface area contributed by atoms with Crippen molar-refractivity contribution in [2.45, 2.75) is 6.92 Å². The Morgan fingerprint density at radius 3 is 3.22 bits per heavy atom. The Morgan fingerprint density at radius 2 is 2.44 bits per heavy atom. The van der Waals surface area contributed by atoms with E-state index in [9.17, 15) is 0 Å². The van der Waals surface area contributed by atoms with Crippen molar-refractivity contribution in [1.82, 2.24) is 4.31 Å². The highest BCUT2D eigenvalue weighted by Gasteiger charge is 2.05. The van der Waals surface area contributed by atoms with E-state index in [4.69, 9.17) is 4.74 Å². The normalized spacial score (nSPS) is 23.7. The zero-order valence-electron chi connectivity index (χ0n) is 5.80. The molecule has 0 spiro atoms. The molecule has 0 amide bonds. The van der Waals surface area contributed by atoms with E-state index in [1.165, 1.54) is 0 Å². The zero-order valence-corrected chi connectivity index (χ0v) is 6.62. The van der Waals surface area contributed by atoms with Crippen LogP contribution in [0.4, 0.5) is 0 Å². The van der Waals surface area contributed by atoms with Gasteiger partial charge in [-0.1, -0.05) is 18.9 Å². The lowest BCUT2D eigenvalue weighted by Gasteiger charge is -2.13. The SMILES string of the molecule is CCN1CCOCCS1. The van der Waals surface area contributed by atoms with E-state index in [0.29, 0.717) is 0 Å². The van der Waals surface area contributed by atoms with Crippen LogP contribution in [0.5, 0.6) is 0 Å². The Morgan fingerprint density at radius 1 is 1.56 bits per heavy atom. The van der Waals surface area contributed by atoms with Crippen LogP contribution in [0.15, 0.2) is 0 Å². The summed E-state index contributed by atoms with van der Waals surface area (Å²) in [6.45, 7) is 6.22. The van der Waals surface area contributed by atoms with Crippen LogP contribution in [-0.4, -0.2) is 36.4 Å². The van der Waals surface area contributed by atoms with Gasteiger partial charge >= 0.3 is 0 Å². The van der Waals surface area contributed by atoms with E-state index >= 15 is 0 Å². The van der Waals surface area contributed by atoms with E-state index in [2.05, 4.69) is 11.2 Å². The van der Waals surface area contributed by atoms with Gasteiger partial charge in [-0.25, -0.2) is 4.31 Å². The molecule has 0 N–H and O–H groups in total. The lowest BCUT2D eigenvalue weighted by atomic mass is 10.6. The summed E-state index contributed by atoms with van der Waals surface area (Å²) in [5.74, 6) is 1.12. The third-order valence-corrected chi connectivity index (χ3v) is 2.49. The summed E-state index contributed by atoms with van der Waals surface area (Å²) >= 11 is 1.89. The van der Waals surface area contributed by atoms with Crippen LogP contribution in [0, 0.1) is 0 Å². The topological polar surface area (TPSA) is 12.5 Å². The molecule has 0 bridgehead atoms. The Balaban J connectivity index is 2.18. The molecule has 1 aliphatic rings. The van der Waals surface area contributed by atoms with Crippen LogP contribution in [0.25, 0.3) is 0 Å². The Bertz CT molecular complexity index is 71.5. The molecular weight excluding hydrogens is 134 g/mol. The van der Waals surface area contributed by atoms with Gasteiger partial charge < -0.3 is 4.74 Å². The van der Waals surface area contributed by atoms with Crippen molar-refractivity contribution in [2.75, 3.05) is 32.1 Å². The fourth-order valence-corrected chi connectivity index (χ4v) is 1.64. The van der Waals surface area contributed by atoms with Crippen LogP contribution in [0.1, 0.15) is 6.92 Å². The molecule has 0 aliphatic carbocycles. The van der Waals surface area contributed by atoms with Gasteiger partial charge in [0, 0.05) is 18.8 Å². The molecule has 1 aliphatic heterocycles. The molecule has 1 rings (SSSR count). The average molecular weight is 147 g/mol. The van der Waals surface area contributed by atoms with E-state index in [1.54, 1.807) is 0 Å². The van der Waals surface area contributed by atoms with E-state index in [1.807, 2.05) is 11.9 Å². The van der Waals surface area contributed by atoms with Crippen molar-refractivity contribution in [3.8, 4) is 0 Å². The summed E-state index contributed by atoms with van der Waals surface area (Å²) in [7, 11) is 0. The molecule has 0 saturated carbocycles. The van der Waals surface area contributed by atoms with Crippen molar-refractivity contribution < 1.29 is 4.74 Å². The fraction of sp³-hybridized carbons (Fsp3) is 1.00. The molecule has 1 heterocycles. The molecule has 0 aromatic rings. The van der Waals surface area contributed by atoms with Gasteiger partial charge in [-0.15, -0.1) is 0 Å². The standard InChI is InChI=1S/C6H13NOS/c1-2-7-3-4-8-5-6-9-7/h2-6H2,1H3. The largest absolute Gasteiger partial charge is 0.379 e. The lowest BCUT2D eigenvalue weighted by Crippen LogP contribution is -2.17. The van der Waals surface area contributed by atoms with Gasteiger partial charge in [0.2, 0.25) is 0 Å². The molecule has 0 aromatic carbocycles. The van der Waals surface area contributed by atoms with Crippen LogP contribution < -0.4 is 0 Å². The number of hydrogen-bond acceptors (Lipinski definition) is 3. The molecule has 1 saturated heterocycles. The van der Waals surface area contributed by atoms with Gasteiger partial charge in [0.05, 0.1) is 13.2 Å². The van der Waals surface area contributed by atoms with Crippen molar-refractivity contribution in [1.29, 1.82) is 0 Å². The molecular formula is C6H13NOS. The smallest absolute Gasteiger partial charge is 0.0603 e. The predicted molar refractivity (Wildman–Crippen MR) is 40.5 cm³/mol. The Labute approximate surface area is 60.7 Å². The summed E-state index contributed by atoms with van der Waals surface area (Å²) in [6.07, 6.45) is 0. The van der Waals surface area contributed by atoms with Gasteiger partial charge in [0.15, 0.2) is 0 Å². The Kier molecular flexibility index (Phi) is 3.40. The first kappa shape index (κ1) is 7.38. The number of rotatable bonds is 1. The second-order valence-electron chi connectivity index (χ2n) is 1.97. The predicted octanol–water partition coefficient (Wildman–Crippen LogP) is 0.987. The van der Waals surface area contributed by atoms with Crippen molar-refractivity contribution in [3.63, 3.8) is 0 Å². The first-order valence-corrected chi connectivity index (χ1v) is 4.33. The van der Waals surface area contributed by atoms with Crippen LogP contribution in [0.3, 0.4) is 0 Å². The fourth-order valence-electron chi connectivity index (χ4n) is 0.808. The van der Waals surface area contributed by atoms with Gasteiger partial charge in [0.1, 0.15) is 0 Å². The van der Waals surface area contributed by atoms with Crippen molar-refractivity contribution in [3.05, 3.63) is 0 Å². The maximum atomic E-state index is 5.26. The maximum Gasteiger partial charge on any atom is 0.0603 e. The van der Waals surface area contributed by atoms with E-state index in [0.717, 1.165) is 32.1 Å². The molecule has 0 radical (unpaired) electrons. The van der Waals surface area contributed by atoms with E-state index in [-0.39, 0.29) is 0 Å². The van der Waals surface area contributed by atoms with Gasteiger partial charge in [-0.3, -0.25) is 0 Å². The summed E-state index contributed by atoms with van der Waals surface area (Å²) < 4.78 is 7.60. The Hall–Kier alpha value is 0.270. The zero-order chi connectivity index (χ0) is 6.53. The highest BCUT2D eigenvalue weighted by Crippen LogP contribution is 2.10. The highest BCUT2D eigenvalue weighted by molar-refractivity contribution is 7.97. The molecule has 0 aromatic heterocycles. The third kappa shape index (κ3) is 2.56. The summed E-state index contributed by atoms with van der Waals surface area (Å²) in [5, 5.41) is 0. The monoisotopic (exact) mass is 147 g/mol. The van der Waals surface area contributed by atoms with Gasteiger partial charge in [-0.05, 0) is 0 Å². The van der Waals surface area contributed by atoms with E-state index < -0.39 is 0 Å². The van der Waals surface area contributed by atoms with Crippen LogP contribution in [0.2, 0.25) is 0 Å². The number of nitrogens with zero attached hydrogens (tertiary/aromatic N) is 1. The molecule has 9 heavy (non-hydrogen) atoms. The summed E-state index contributed by atoms with van der Waals surface area (Å²) in [6, 6.07) is 0. The van der Waals surface area contributed by atoms with Crippen LogP contribution in [-0.2, 0) is 4.74 Å². The first-order valence-electron chi connectivity index (χ1n) is 3.39. The molecule has 54 valence electrons. The number of ether oxygens (including phenoxy) is 1. The second-order valence-corrected chi connectivity index (χ2v) is 3.15. The van der Waals surface area contributed by atoms with Crippen LogP contribution >= 0.6 is 11.9 Å². The number of hydrogen-bond donors (Lipinski definition) is 0. The summed E-state index contributed by atoms with van der Waals surface area (Å²) in [4.78, 5) is 0. The minimum atomic E-state index is 0.904. The third-order valence-electron chi connectivity index (χ3n) is 1.34. The van der Waals surface area contributed by atoms with Gasteiger partial charge in [0.25, 0.3) is 0 Å². The lowest BCUT2D eigenvalue weighted by molar-refractivity contribution is 0.147. The summed E-state index contributed by atoms with van der Waals surface area (Å²) in [5.41, 5.74) is 0. The quantitative estimate of drug-likeness (QED) is 0.513. The minimum absolute atomic E-state index is 0.904. The molecule has 2 nitrogen and oxygen atoms in total. The first-order chi connectivity index (χ1) is 4.43. The second kappa shape index (κ2) is 4.14. The molecule has 0 atom stereocenters. The minimum Gasteiger partial charge on any atom is -0.379 e.